The number of nitrogens with one attached hydrogen (secondary N) is 1. The Morgan fingerprint density at radius 2 is 2.16 bits per heavy atom. The Morgan fingerprint density at radius 1 is 1.47 bits per heavy atom. The highest BCUT2D eigenvalue weighted by molar-refractivity contribution is 9.10. The first-order valence-electron chi connectivity index (χ1n) is 5.57. The maximum absolute atomic E-state index is 12.5. The highest BCUT2D eigenvalue weighted by Crippen LogP contribution is 2.31. The van der Waals surface area contributed by atoms with E-state index in [2.05, 4.69) is 21.2 Å². The summed E-state index contributed by atoms with van der Waals surface area (Å²) in [5.74, 6) is 0. The zero-order chi connectivity index (χ0) is 13.3. The van der Waals surface area contributed by atoms with Crippen molar-refractivity contribution in [2.24, 2.45) is 0 Å². The molecule has 0 radical (unpaired) electrons. The van der Waals surface area contributed by atoms with E-state index in [1.165, 1.54) is 4.31 Å². The molecule has 108 valence electrons. The van der Waals surface area contributed by atoms with Crippen LogP contribution in [0.1, 0.15) is 6.42 Å². The van der Waals surface area contributed by atoms with E-state index in [1.807, 2.05) is 0 Å². The molecule has 1 aromatic carbocycles. The maximum Gasteiger partial charge on any atom is 0.244 e. The first-order valence-corrected chi connectivity index (χ1v) is 8.18. The topological polar surface area (TPSA) is 49.4 Å². The molecule has 0 aromatic heterocycles. The van der Waals surface area contributed by atoms with Gasteiger partial charge in [0, 0.05) is 19.6 Å². The van der Waals surface area contributed by atoms with Gasteiger partial charge >= 0.3 is 0 Å². The lowest BCUT2D eigenvalue weighted by atomic mass is 10.3. The fraction of sp³-hybridized carbons (Fsp3) is 0.455. The minimum Gasteiger partial charge on any atom is -0.315 e. The number of nitrogens with zero attached hydrogens (tertiary/aromatic N) is 1. The molecular weight excluding hydrogens is 375 g/mol. The SMILES string of the molecule is CN(C1CCNC1)S(=O)(=O)c1cccc(Cl)c1Br.Cl. The molecular formula is C11H15BrCl2N2O2S. The summed E-state index contributed by atoms with van der Waals surface area (Å²) in [5.41, 5.74) is 0. The second-order valence-corrected chi connectivity index (χ2v) is 7.39. The summed E-state index contributed by atoms with van der Waals surface area (Å²) in [6.45, 7) is 1.54. The quantitative estimate of drug-likeness (QED) is 0.863. The van der Waals surface area contributed by atoms with Crippen LogP contribution in [0.4, 0.5) is 0 Å². The lowest BCUT2D eigenvalue weighted by molar-refractivity contribution is 0.387. The van der Waals surface area contributed by atoms with Gasteiger partial charge in [-0.25, -0.2) is 8.42 Å². The highest BCUT2D eigenvalue weighted by atomic mass is 79.9. The van der Waals surface area contributed by atoms with Gasteiger partial charge < -0.3 is 5.32 Å². The number of benzene rings is 1. The van der Waals surface area contributed by atoms with E-state index < -0.39 is 10.0 Å². The molecule has 19 heavy (non-hydrogen) atoms. The van der Waals surface area contributed by atoms with Gasteiger partial charge in [-0.3, -0.25) is 0 Å². The van der Waals surface area contributed by atoms with Crippen LogP contribution in [0, 0.1) is 0 Å². The molecule has 0 bridgehead atoms. The van der Waals surface area contributed by atoms with Crippen molar-refractivity contribution in [3.05, 3.63) is 27.7 Å². The van der Waals surface area contributed by atoms with Gasteiger partial charge in [-0.1, -0.05) is 17.7 Å². The van der Waals surface area contributed by atoms with Crippen LogP contribution in [-0.4, -0.2) is 38.9 Å². The zero-order valence-electron chi connectivity index (χ0n) is 10.3. The van der Waals surface area contributed by atoms with Crippen molar-refractivity contribution >= 4 is 50.0 Å². The van der Waals surface area contributed by atoms with Gasteiger partial charge in [-0.15, -0.1) is 12.4 Å². The lowest BCUT2D eigenvalue weighted by Crippen LogP contribution is -2.38. The molecule has 0 spiro atoms. The van der Waals surface area contributed by atoms with Crippen LogP contribution in [0.3, 0.4) is 0 Å². The highest BCUT2D eigenvalue weighted by Gasteiger charge is 2.31. The van der Waals surface area contributed by atoms with Gasteiger partial charge in [-0.05, 0) is 41.0 Å². The zero-order valence-corrected chi connectivity index (χ0v) is 14.2. The van der Waals surface area contributed by atoms with Crippen molar-refractivity contribution in [1.29, 1.82) is 0 Å². The third kappa shape index (κ3) is 3.43. The second kappa shape index (κ2) is 6.74. The second-order valence-electron chi connectivity index (χ2n) is 4.22. The molecule has 1 unspecified atom stereocenters. The fourth-order valence-corrected chi connectivity index (χ4v) is 4.56. The van der Waals surface area contributed by atoms with Gasteiger partial charge in [0.15, 0.2) is 0 Å². The number of likely N-dealkylation sites (N-methyl/N-ethyl adjacent to an activating group) is 1. The average Bonchev–Trinajstić information content (AvgIpc) is 2.85. The van der Waals surface area contributed by atoms with Crippen LogP contribution in [0.2, 0.25) is 5.02 Å². The van der Waals surface area contributed by atoms with Crippen molar-refractivity contribution < 1.29 is 8.42 Å². The summed E-state index contributed by atoms with van der Waals surface area (Å²) in [6, 6.07) is 4.85. The van der Waals surface area contributed by atoms with Crippen LogP contribution in [0.5, 0.6) is 0 Å². The monoisotopic (exact) mass is 388 g/mol. The fourth-order valence-electron chi connectivity index (χ4n) is 1.98. The molecule has 0 saturated carbocycles. The summed E-state index contributed by atoms with van der Waals surface area (Å²) in [7, 11) is -1.90. The van der Waals surface area contributed by atoms with Crippen LogP contribution in [0.15, 0.2) is 27.6 Å². The molecule has 1 heterocycles. The summed E-state index contributed by atoms with van der Waals surface area (Å²) < 4.78 is 26.8. The van der Waals surface area contributed by atoms with E-state index in [-0.39, 0.29) is 23.3 Å². The van der Waals surface area contributed by atoms with Gasteiger partial charge in [0.1, 0.15) is 0 Å². The molecule has 0 aliphatic carbocycles. The molecule has 1 aliphatic rings. The number of hydrogen-bond donors (Lipinski definition) is 1. The molecule has 1 saturated heterocycles. The Hall–Kier alpha value is 0.150. The average molecular weight is 390 g/mol. The number of hydrogen-bond acceptors (Lipinski definition) is 3. The molecule has 4 nitrogen and oxygen atoms in total. The number of rotatable bonds is 3. The summed E-state index contributed by atoms with van der Waals surface area (Å²) in [5, 5.41) is 3.56. The molecule has 1 aliphatic heterocycles. The molecule has 1 N–H and O–H groups in total. The van der Waals surface area contributed by atoms with Crippen molar-refractivity contribution in [3.63, 3.8) is 0 Å². The van der Waals surface area contributed by atoms with Crippen LogP contribution < -0.4 is 5.32 Å². The Balaban J connectivity index is 0.00000180. The smallest absolute Gasteiger partial charge is 0.244 e. The Kier molecular flexibility index (Phi) is 6.10. The predicted molar refractivity (Wildman–Crippen MR) is 82.6 cm³/mol. The number of sulfonamides is 1. The molecule has 1 atom stereocenters. The van der Waals surface area contributed by atoms with Crippen LogP contribution >= 0.6 is 39.9 Å². The summed E-state index contributed by atoms with van der Waals surface area (Å²) in [4.78, 5) is 0.212. The minimum atomic E-state index is -3.51. The van der Waals surface area contributed by atoms with Gasteiger partial charge in [-0.2, -0.15) is 4.31 Å². The largest absolute Gasteiger partial charge is 0.315 e. The van der Waals surface area contributed by atoms with E-state index in [0.29, 0.717) is 16.0 Å². The van der Waals surface area contributed by atoms with Crippen LogP contribution in [0.25, 0.3) is 0 Å². The van der Waals surface area contributed by atoms with E-state index in [1.54, 1.807) is 25.2 Å². The third-order valence-electron chi connectivity index (χ3n) is 3.12. The van der Waals surface area contributed by atoms with Crippen molar-refractivity contribution in [1.82, 2.24) is 9.62 Å². The Bertz CT molecular complexity index is 548. The first-order chi connectivity index (χ1) is 8.44. The maximum atomic E-state index is 12.5. The van der Waals surface area contributed by atoms with Crippen LogP contribution in [-0.2, 0) is 10.0 Å². The Labute approximate surface area is 133 Å². The lowest BCUT2D eigenvalue weighted by Gasteiger charge is -2.23. The first kappa shape index (κ1) is 17.2. The normalized spacial score (nSPS) is 19.5. The molecule has 8 heteroatoms. The molecule has 0 amide bonds. The van der Waals surface area contributed by atoms with Crippen molar-refractivity contribution in [2.75, 3.05) is 20.1 Å². The van der Waals surface area contributed by atoms with E-state index in [4.69, 9.17) is 11.6 Å². The van der Waals surface area contributed by atoms with E-state index in [9.17, 15) is 8.42 Å². The van der Waals surface area contributed by atoms with Crippen molar-refractivity contribution in [3.8, 4) is 0 Å². The van der Waals surface area contributed by atoms with Gasteiger partial charge in [0.25, 0.3) is 0 Å². The van der Waals surface area contributed by atoms with E-state index in [0.717, 1.165) is 13.0 Å². The van der Waals surface area contributed by atoms with Gasteiger partial charge in [0.05, 0.1) is 14.4 Å². The minimum absolute atomic E-state index is 0. The van der Waals surface area contributed by atoms with Crippen molar-refractivity contribution in [2.45, 2.75) is 17.4 Å². The molecule has 1 fully saturated rings. The van der Waals surface area contributed by atoms with Gasteiger partial charge in [0.2, 0.25) is 10.0 Å². The summed E-state index contributed by atoms with van der Waals surface area (Å²) in [6.07, 6.45) is 0.827. The standard InChI is InChI=1S/C11H14BrClN2O2S.ClH/c1-15(8-5-6-14-7-8)18(16,17)10-4-2-3-9(13)11(10)12;/h2-4,8,14H,5-7H2,1H3;1H. The Morgan fingerprint density at radius 3 is 2.74 bits per heavy atom. The predicted octanol–water partition coefficient (Wildman–Crippen LogP) is 2.51. The third-order valence-corrected chi connectivity index (χ3v) is 6.73. The summed E-state index contributed by atoms with van der Waals surface area (Å²) >= 11 is 9.18. The van der Waals surface area contributed by atoms with E-state index >= 15 is 0 Å². The number of halogens is 3. The molecule has 2 rings (SSSR count). The molecule has 1 aromatic rings.